The lowest BCUT2D eigenvalue weighted by molar-refractivity contribution is -0.135. The van der Waals surface area contributed by atoms with Crippen LogP contribution in [-0.4, -0.2) is 51.4 Å². The number of hydrogen-bond donors (Lipinski definition) is 0. The zero-order chi connectivity index (χ0) is 18.1. The average Bonchev–Trinajstić information content (AvgIpc) is 3.22. The molecule has 0 radical (unpaired) electrons. The molecule has 6 nitrogen and oxygen atoms in total. The number of aryl methyl sites for hydroxylation is 1. The molecule has 2 aromatic rings. The van der Waals surface area contributed by atoms with Gasteiger partial charge in [0.15, 0.2) is 0 Å². The van der Waals surface area contributed by atoms with Gasteiger partial charge in [-0.15, -0.1) is 0 Å². The number of amides is 2. The average molecular weight is 350 g/mol. The topological polar surface area (TPSA) is 66.4 Å². The van der Waals surface area contributed by atoms with Crippen LogP contribution in [0, 0.1) is 12.3 Å². The molecule has 0 N–H and O–H groups in total. The Hall–Kier alpha value is -2.76. The molecule has 1 aromatic carbocycles. The van der Waals surface area contributed by atoms with Gasteiger partial charge in [0.05, 0.1) is 23.4 Å². The van der Waals surface area contributed by atoms with Crippen LogP contribution >= 0.6 is 0 Å². The minimum atomic E-state index is -0.417. The zero-order valence-electron chi connectivity index (χ0n) is 14.9. The van der Waals surface area contributed by atoms with E-state index in [2.05, 4.69) is 35.3 Å². The second-order valence-electron chi connectivity index (χ2n) is 7.35. The van der Waals surface area contributed by atoms with Crippen LogP contribution in [0.3, 0.4) is 0 Å². The Bertz CT molecular complexity index is 839. The van der Waals surface area contributed by atoms with E-state index >= 15 is 0 Å². The summed E-state index contributed by atoms with van der Waals surface area (Å²) in [7, 11) is 0. The number of aromatic nitrogens is 2. The molecule has 0 saturated carbocycles. The Labute approximate surface area is 152 Å². The highest BCUT2D eigenvalue weighted by Gasteiger charge is 2.51. The largest absolute Gasteiger partial charge is 0.338 e. The van der Waals surface area contributed by atoms with E-state index in [1.807, 2.05) is 11.0 Å². The third-order valence-corrected chi connectivity index (χ3v) is 5.53. The van der Waals surface area contributed by atoms with Gasteiger partial charge in [-0.25, -0.2) is 0 Å². The van der Waals surface area contributed by atoms with Crippen molar-refractivity contribution < 1.29 is 9.59 Å². The molecule has 26 heavy (non-hydrogen) atoms. The fourth-order valence-corrected chi connectivity index (χ4v) is 4.10. The summed E-state index contributed by atoms with van der Waals surface area (Å²) in [5.74, 6) is 0.115. The maximum Gasteiger partial charge on any atom is 0.255 e. The standard InChI is InChI=1S/C20H22N4O2/c1-15-3-2-4-16(11-15)13-23-9-6-20(19(23)26)7-10-24(14-20)18(25)17-5-8-21-22-12-17/h2-5,8,11-12H,6-7,9-10,13-14H2,1H3/t20-/m0/s1. The van der Waals surface area contributed by atoms with E-state index in [0.717, 1.165) is 24.9 Å². The molecule has 3 heterocycles. The van der Waals surface area contributed by atoms with Crippen LogP contribution in [0.4, 0.5) is 0 Å². The number of carbonyl (C=O) groups excluding carboxylic acids is 2. The molecule has 0 bridgehead atoms. The van der Waals surface area contributed by atoms with E-state index in [-0.39, 0.29) is 11.8 Å². The van der Waals surface area contributed by atoms with Crippen LogP contribution in [0.1, 0.15) is 34.3 Å². The van der Waals surface area contributed by atoms with Gasteiger partial charge in [-0.1, -0.05) is 29.8 Å². The molecule has 1 spiro atoms. The number of benzene rings is 1. The lowest BCUT2D eigenvalue weighted by atomic mass is 9.85. The molecule has 134 valence electrons. The van der Waals surface area contributed by atoms with Crippen molar-refractivity contribution >= 4 is 11.8 Å². The summed E-state index contributed by atoms with van der Waals surface area (Å²) in [5, 5.41) is 7.49. The first kappa shape index (κ1) is 16.7. The molecule has 0 aliphatic carbocycles. The molecule has 1 atom stereocenters. The minimum Gasteiger partial charge on any atom is -0.338 e. The molecule has 6 heteroatoms. The molecule has 2 saturated heterocycles. The normalized spacial score (nSPS) is 22.4. The quantitative estimate of drug-likeness (QED) is 0.850. The summed E-state index contributed by atoms with van der Waals surface area (Å²) in [5.41, 5.74) is 2.47. The van der Waals surface area contributed by atoms with E-state index in [4.69, 9.17) is 0 Å². The Kier molecular flexibility index (Phi) is 4.18. The molecule has 2 aliphatic heterocycles. The summed E-state index contributed by atoms with van der Waals surface area (Å²) >= 11 is 0. The van der Waals surface area contributed by atoms with Crippen LogP contribution in [0.15, 0.2) is 42.7 Å². The predicted molar refractivity (Wildman–Crippen MR) is 96.2 cm³/mol. The number of hydrogen-bond acceptors (Lipinski definition) is 4. The van der Waals surface area contributed by atoms with Gasteiger partial charge in [0.25, 0.3) is 5.91 Å². The maximum absolute atomic E-state index is 13.1. The van der Waals surface area contributed by atoms with Crippen molar-refractivity contribution in [2.75, 3.05) is 19.6 Å². The van der Waals surface area contributed by atoms with Gasteiger partial charge >= 0.3 is 0 Å². The van der Waals surface area contributed by atoms with E-state index in [0.29, 0.717) is 25.2 Å². The van der Waals surface area contributed by atoms with Crippen molar-refractivity contribution in [1.29, 1.82) is 0 Å². The van der Waals surface area contributed by atoms with E-state index in [1.165, 1.54) is 18.0 Å². The van der Waals surface area contributed by atoms with Crippen LogP contribution < -0.4 is 0 Å². The molecular weight excluding hydrogens is 328 g/mol. The molecule has 0 unspecified atom stereocenters. The lowest BCUT2D eigenvalue weighted by Crippen LogP contribution is -2.38. The highest BCUT2D eigenvalue weighted by molar-refractivity contribution is 5.95. The Morgan fingerprint density at radius 3 is 2.81 bits per heavy atom. The molecule has 2 amide bonds. The summed E-state index contributed by atoms with van der Waals surface area (Å²) in [6.07, 6.45) is 4.55. The van der Waals surface area contributed by atoms with Crippen molar-refractivity contribution in [3.8, 4) is 0 Å². The first-order valence-corrected chi connectivity index (χ1v) is 8.98. The van der Waals surface area contributed by atoms with Gasteiger partial charge in [0, 0.05) is 26.2 Å². The van der Waals surface area contributed by atoms with Crippen molar-refractivity contribution in [3.63, 3.8) is 0 Å². The first-order valence-electron chi connectivity index (χ1n) is 8.98. The first-order chi connectivity index (χ1) is 12.6. The summed E-state index contributed by atoms with van der Waals surface area (Å²) in [6, 6.07) is 9.94. The van der Waals surface area contributed by atoms with Crippen LogP contribution in [-0.2, 0) is 11.3 Å². The smallest absolute Gasteiger partial charge is 0.255 e. The van der Waals surface area contributed by atoms with Gasteiger partial charge in [0.1, 0.15) is 0 Å². The summed E-state index contributed by atoms with van der Waals surface area (Å²) in [6.45, 7) is 4.57. The SMILES string of the molecule is Cc1cccc(CN2CC[C@@]3(CCN(C(=O)c4ccnnc4)C3)C2=O)c1. The van der Waals surface area contributed by atoms with Crippen LogP contribution in [0.25, 0.3) is 0 Å². The predicted octanol–water partition coefficient (Wildman–Crippen LogP) is 2.05. The van der Waals surface area contributed by atoms with Gasteiger partial charge in [-0.05, 0) is 31.4 Å². The number of likely N-dealkylation sites (tertiary alicyclic amines) is 2. The van der Waals surface area contributed by atoms with Crippen molar-refractivity contribution in [2.24, 2.45) is 5.41 Å². The fourth-order valence-electron chi connectivity index (χ4n) is 4.10. The highest BCUT2D eigenvalue weighted by Crippen LogP contribution is 2.41. The number of rotatable bonds is 3. The number of nitrogens with zero attached hydrogens (tertiary/aromatic N) is 4. The van der Waals surface area contributed by atoms with E-state index in [1.54, 1.807) is 11.0 Å². The zero-order valence-corrected chi connectivity index (χ0v) is 14.9. The second kappa shape index (κ2) is 6.52. The Morgan fingerprint density at radius 2 is 2.04 bits per heavy atom. The van der Waals surface area contributed by atoms with Gasteiger partial charge in [-0.3, -0.25) is 9.59 Å². The summed E-state index contributed by atoms with van der Waals surface area (Å²) in [4.78, 5) is 29.5. The van der Waals surface area contributed by atoms with Crippen molar-refractivity contribution in [1.82, 2.24) is 20.0 Å². The van der Waals surface area contributed by atoms with Crippen LogP contribution in [0.2, 0.25) is 0 Å². The minimum absolute atomic E-state index is 0.0679. The second-order valence-corrected chi connectivity index (χ2v) is 7.35. The third-order valence-electron chi connectivity index (χ3n) is 5.53. The maximum atomic E-state index is 13.1. The van der Waals surface area contributed by atoms with Gasteiger partial charge in [-0.2, -0.15) is 10.2 Å². The van der Waals surface area contributed by atoms with E-state index in [9.17, 15) is 9.59 Å². The van der Waals surface area contributed by atoms with E-state index < -0.39 is 5.41 Å². The third kappa shape index (κ3) is 2.96. The van der Waals surface area contributed by atoms with Gasteiger partial charge in [0.2, 0.25) is 5.91 Å². The highest BCUT2D eigenvalue weighted by atomic mass is 16.2. The molecule has 2 aliphatic rings. The Balaban J connectivity index is 1.45. The lowest BCUT2D eigenvalue weighted by Gasteiger charge is -2.24. The van der Waals surface area contributed by atoms with Crippen molar-refractivity contribution in [3.05, 3.63) is 59.4 Å². The van der Waals surface area contributed by atoms with Gasteiger partial charge < -0.3 is 9.80 Å². The molecule has 4 rings (SSSR count). The molecular formula is C20H22N4O2. The molecule has 2 fully saturated rings. The monoisotopic (exact) mass is 350 g/mol. The van der Waals surface area contributed by atoms with Crippen LogP contribution in [0.5, 0.6) is 0 Å². The number of carbonyl (C=O) groups is 2. The van der Waals surface area contributed by atoms with Crippen molar-refractivity contribution in [2.45, 2.75) is 26.3 Å². The Morgan fingerprint density at radius 1 is 1.19 bits per heavy atom. The fraction of sp³-hybridized carbons (Fsp3) is 0.400. The molecule has 1 aromatic heterocycles. The summed E-state index contributed by atoms with van der Waals surface area (Å²) < 4.78 is 0.